The molecule has 4 nitrogen and oxygen atoms in total. The van der Waals surface area contributed by atoms with Gasteiger partial charge in [0.05, 0.1) is 0 Å². The van der Waals surface area contributed by atoms with E-state index in [0.717, 1.165) is 31.2 Å². The van der Waals surface area contributed by atoms with Crippen molar-refractivity contribution in [2.75, 3.05) is 6.54 Å². The molecular formula is C17H21ClN2O2S2. The molecule has 130 valence electrons. The van der Waals surface area contributed by atoms with Crippen molar-refractivity contribution in [3.8, 4) is 0 Å². The van der Waals surface area contributed by atoms with Crippen molar-refractivity contribution in [3.63, 3.8) is 0 Å². The molecule has 1 saturated carbocycles. The van der Waals surface area contributed by atoms with E-state index in [2.05, 4.69) is 10.8 Å². The number of nitrogens with two attached hydrogens (primary N) is 1. The summed E-state index contributed by atoms with van der Waals surface area (Å²) in [4.78, 5) is 0. The van der Waals surface area contributed by atoms with Gasteiger partial charge >= 0.3 is 0 Å². The minimum Gasteiger partial charge on any atom is -0.330 e. The molecule has 0 spiro atoms. The fourth-order valence-electron chi connectivity index (χ4n) is 3.41. The molecule has 0 radical (unpaired) electrons. The Balaban J connectivity index is 1.70. The lowest BCUT2D eigenvalue weighted by molar-refractivity contribution is 0.267. The topological polar surface area (TPSA) is 72.2 Å². The second-order valence-electron chi connectivity index (χ2n) is 6.32. The Bertz CT molecular complexity index is 783. The van der Waals surface area contributed by atoms with E-state index in [1.54, 1.807) is 17.5 Å². The summed E-state index contributed by atoms with van der Waals surface area (Å²) in [6.45, 7) is 0.539. The Kier molecular flexibility index (Phi) is 5.32. The SMILES string of the molecule is NCC1(c2cccc(Cl)c2)CCC(NS(=O)(=O)c2cccs2)CC1. The number of rotatable bonds is 5. The third kappa shape index (κ3) is 3.68. The number of hydrogen-bond donors (Lipinski definition) is 2. The van der Waals surface area contributed by atoms with Crippen molar-refractivity contribution in [1.29, 1.82) is 0 Å². The molecule has 0 atom stereocenters. The van der Waals surface area contributed by atoms with Crippen molar-refractivity contribution < 1.29 is 8.42 Å². The highest BCUT2D eigenvalue weighted by Crippen LogP contribution is 2.39. The van der Waals surface area contributed by atoms with Crippen LogP contribution in [0.15, 0.2) is 46.0 Å². The highest BCUT2D eigenvalue weighted by Gasteiger charge is 2.37. The van der Waals surface area contributed by atoms with Crippen molar-refractivity contribution in [2.24, 2.45) is 5.73 Å². The second-order valence-corrected chi connectivity index (χ2v) is 9.65. The van der Waals surface area contributed by atoms with Gasteiger partial charge in [-0.15, -0.1) is 11.3 Å². The first-order valence-electron chi connectivity index (χ1n) is 7.97. The maximum Gasteiger partial charge on any atom is 0.250 e. The molecule has 24 heavy (non-hydrogen) atoms. The molecule has 1 aliphatic rings. The van der Waals surface area contributed by atoms with Crippen LogP contribution in [0.4, 0.5) is 0 Å². The molecule has 0 amide bonds. The summed E-state index contributed by atoms with van der Waals surface area (Å²) in [7, 11) is -3.42. The van der Waals surface area contributed by atoms with Crippen LogP contribution in [0.2, 0.25) is 5.02 Å². The summed E-state index contributed by atoms with van der Waals surface area (Å²) in [6, 6.07) is 11.2. The number of benzene rings is 1. The van der Waals surface area contributed by atoms with E-state index in [1.165, 1.54) is 11.3 Å². The van der Waals surface area contributed by atoms with Gasteiger partial charge in [0.2, 0.25) is 10.0 Å². The van der Waals surface area contributed by atoms with Gasteiger partial charge in [0.1, 0.15) is 4.21 Å². The summed E-state index contributed by atoms with van der Waals surface area (Å²) in [5, 5.41) is 2.48. The van der Waals surface area contributed by atoms with Crippen LogP contribution in [0.1, 0.15) is 31.2 Å². The first-order valence-corrected chi connectivity index (χ1v) is 10.7. The Labute approximate surface area is 152 Å². The van der Waals surface area contributed by atoms with Gasteiger partial charge < -0.3 is 5.73 Å². The molecule has 1 aromatic heterocycles. The van der Waals surface area contributed by atoms with Gasteiger partial charge in [-0.3, -0.25) is 0 Å². The fraction of sp³-hybridized carbons (Fsp3) is 0.412. The van der Waals surface area contributed by atoms with Crippen LogP contribution in [0.5, 0.6) is 0 Å². The largest absolute Gasteiger partial charge is 0.330 e. The number of halogens is 1. The minimum absolute atomic E-state index is 0.0454. The summed E-state index contributed by atoms with van der Waals surface area (Å²) in [5.41, 5.74) is 7.12. The Hall–Kier alpha value is -0.920. The summed E-state index contributed by atoms with van der Waals surface area (Å²) in [6.07, 6.45) is 3.24. The summed E-state index contributed by atoms with van der Waals surface area (Å²) < 4.78 is 27.9. The Morgan fingerprint density at radius 2 is 2.00 bits per heavy atom. The van der Waals surface area contributed by atoms with Crippen LogP contribution in [-0.4, -0.2) is 21.0 Å². The van der Waals surface area contributed by atoms with Crippen LogP contribution in [-0.2, 0) is 15.4 Å². The van der Waals surface area contributed by atoms with E-state index >= 15 is 0 Å². The maximum absolute atomic E-state index is 12.4. The van der Waals surface area contributed by atoms with Crippen molar-refractivity contribution in [1.82, 2.24) is 4.72 Å². The molecule has 2 aromatic rings. The smallest absolute Gasteiger partial charge is 0.250 e. The average molecular weight is 385 g/mol. The lowest BCUT2D eigenvalue weighted by atomic mass is 9.68. The van der Waals surface area contributed by atoms with E-state index in [9.17, 15) is 8.42 Å². The second kappa shape index (κ2) is 7.14. The number of sulfonamides is 1. The molecule has 1 heterocycles. The van der Waals surface area contributed by atoms with E-state index in [-0.39, 0.29) is 11.5 Å². The first kappa shape index (κ1) is 17.9. The monoisotopic (exact) mass is 384 g/mol. The van der Waals surface area contributed by atoms with Gasteiger partial charge in [0.15, 0.2) is 0 Å². The summed E-state index contributed by atoms with van der Waals surface area (Å²) >= 11 is 7.36. The molecule has 7 heteroatoms. The van der Waals surface area contributed by atoms with Gasteiger partial charge in [-0.05, 0) is 54.8 Å². The molecule has 0 saturated heterocycles. The molecule has 0 bridgehead atoms. The van der Waals surface area contributed by atoms with Crippen LogP contribution in [0.25, 0.3) is 0 Å². The van der Waals surface area contributed by atoms with Gasteiger partial charge in [-0.25, -0.2) is 13.1 Å². The normalized spacial score (nSPS) is 24.8. The van der Waals surface area contributed by atoms with Crippen LogP contribution >= 0.6 is 22.9 Å². The molecule has 1 fully saturated rings. The Morgan fingerprint density at radius 1 is 1.25 bits per heavy atom. The number of thiophene rings is 1. The van der Waals surface area contributed by atoms with Crippen molar-refractivity contribution in [3.05, 3.63) is 52.4 Å². The average Bonchev–Trinajstić information content (AvgIpc) is 3.11. The van der Waals surface area contributed by atoms with Crippen molar-refractivity contribution in [2.45, 2.75) is 41.3 Å². The molecule has 3 rings (SSSR count). The highest BCUT2D eigenvalue weighted by atomic mass is 35.5. The lowest BCUT2D eigenvalue weighted by Crippen LogP contribution is -2.45. The minimum atomic E-state index is -3.42. The quantitative estimate of drug-likeness (QED) is 0.828. The molecular weight excluding hydrogens is 364 g/mol. The van der Waals surface area contributed by atoms with E-state index in [4.69, 9.17) is 17.3 Å². The molecule has 3 N–H and O–H groups in total. The van der Waals surface area contributed by atoms with Crippen LogP contribution in [0, 0.1) is 0 Å². The zero-order valence-corrected chi connectivity index (χ0v) is 15.6. The van der Waals surface area contributed by atoms with Gasteiger partial charge in [-0.1, -0.05) is 29.8 Å². The van der Waals surface area contributed by atoms with E-state index in [1.807, 2.05) is 18.2 Å². The lowest BCUT2D eigenvalue weighted by Gasteiger charge is -2.40. The third-order valence-electron chi connectivity index (χ3n) is 4.85. The number of nitrogens with one attached hydrogen (secondary N) is 1. The van der Waals surface area contributed by atoms with Gasteiger partial charge in [0.25, 0.3) is 0 Å². The maximum atomic E-state index is 12.4. The summed E-state index contributed by atoms with van der Waals surface area (Å²) in [5.74, 6) is 0. The molecule has 1 aliphatic carbocycles. The van der Waals surface area contributed by atoms with Crippen LogP contribution in [0.3, 0.4) is 0 Å². The molecule has 1 aromatic carbocycles. The van der Waals surface area contributed by atoms with Crippen LogP contribution < -0.4 is 10.5 Å². The van der Waals surface area contributed by atoms with E-state index < -0.39 is 10.0 Å². The predicted octanol–water partition coefficient (Wildman–Crippen LogP) is 3.52. The highest BCUT2D eigenvalue weighted by molar-refractivity contribution is 7.91. The molecule has 0 unspecified atom stereocenters. The van der Waals surface area contributed by atoms with Crippen molar-refractivity contribution >= 4 is 33.0 Å². The number of hydrogen-bond acceptors (Lipinski definition) is 4. The molecule has 0 aliphatic heterocycles. The first-order chi connectivity index (χ1) is 11.5. The fourth-order valence-corrected chi connectivity index (χ4v) is 5.92. The Morgan fingerprint density at radius 3 is 2.58 bits per heavy atom. The zero-order chi connectivity index (χ0) is 17.2. The van der Waals surface area contributed by atoms with Gasteiger partial charge in [0, 0.05) is 23.0 Å². The third-order valence-corrected chi connectivity index (χ3v) is 8.01. The van der Waals surface area contributed by atoms with Gasteiger partial charge in [-0.2, -0.15) is 0 Å². The standard InChI is InChI=1S/C17H21ClN2O2S2/c18-14-4-1-3-13(11-14)17(12-19)8-6-15(7-9-17)20-24(21,22)16-5-2-10-23-16/h1-5,10-11,15,20H,6-9,12,19H2. The van der Waals surface area contributed by atoms with E-state index in [0.29, 0.717) is 15.8 Å². The zero-order valence-electron chi connectivity index (χ0n) is 13.2. The predicted molar refractivity (Wildman–Crippen MR) is 99.1 cm³/mol.